The second-order valence-corrected chi connectivity index (χ2v) is 6.16. The molecule has 0 radical (unpaired) electrons. The topological polar surface area (TPSA) is 12.4 Å². The van der Waals surface area contributed by atoms with E-state index in [1.54, 1.807) is 0 Å². The number of allylic oxidation sites excluding steroid dienone is 2. The number of hydrogen-bond donors (Lipinski definition) is 0. The minimum atomic E-state index is 0.595. The van der Waals surface area contributed by atoms with Gasteiger partial charge in [0.1, 0.15) is 5.71 Å². The van der Waals surface area contributed by atoms with Crippen LogP contribution >= 0.6 is 0 Å². The first kappa shape index (κ1) is 15.5. The summed E-state index contributed by atoms with van der Waals surface area (Å²) in [5, 5.41) is 7.43. The van der Waals surface area contributed by atoms with Crippen LogP contribution in [0.5, 0.6) is 0 Å². The second kappa shape index (κ2) is 6.68. The van der Waals surface area contributed by atoms with Gasteiger partial charge in [-0.2, -0.15) is 0 Å². The number of hydrogen-bond acceptors (Lipinski definition) is 1. The molecule has 0 fully saturated rings. The van der Waals surface area contributed by atoms with Crippen LogP contribution in [0.4, 0.5) is 0 Å². The molecular weight excluding hydrogens is 256 g/mol. The van der Waals surface area contributed by atoms with E-state index in [2.05, 4.69) is 82.7 Å². The maximum atomic E-state index is 4.88. The van der Waals surface area contributed by atoms with E-state index in [9.17, 15) is 0 Å². The van der Waals surface area contributed by atoms with Gasteiger partial charge in [0.15, 0.2) is 0 Å². The van der Waals surface area contributed by atoms with Gasteiger partial charge in [0.25, 0.3) is 0 Å². The van der Waals surface area contributed by atoms with E-state index < -0.39 is 0 Å². The highest BCUT2D eigenvalue weighted by Crippen LogP contribution is 2.18. The molecule has 0 amide bonds. The van der Waals surface area contributed by atoms with E-state index in [1.165, 1.54) is 22.0 Å². The van der Waals surface area contributed by atoms with Crippen molar-refractivity contribution in [3.63, 3.8) is 0 Å². The van der Waals surface area contributed by atoms with Gasteiger partial charge >= 0.3 is 0 Å². The third-order valence-electron chi connectivity index (χ3n) is 3.29. The fourth-order valence-electron chi connectivity index (χ4n) is 2.37. The predicted molar refractivity (Wildman–Crippen MR) is 92.6 cm³/mol. The smallest absolute Gasteiger partial charge is 0.103 e. The maximum Gasteiger partial charge on any atom is 0.103 e. The van der Waals surface area contributed by atoms with Gasteiger partial charge in [-0.05, 0) is 36.6 Å². The monoisotopic (exact) mass is 281 g/mol. The van der Waals surface area contributed by atoms with Crippen LogP contribution < -0.4 is 0 Å². The second-order valence-electron chi connectivity index (χ2n) is 6.16. The van der Waals surface area contributed by atoms with Crippen molar-refractivity contribution >= 4 is 16.5 Å². The van der Waals surface area contributed by atoms with Crippen molar-refractivity contribution in [3.05, 3.63) is 60.2 Å². The Bertz CT molecular complexity index is 661. The fourth-order valence-corrected chi connectivity index (χ4v) is 2.37. The summed E-state index contributed by atoms with van der Waals surface area (Å²) in [5.74, 6) is 0. The average molecular weight is 281 g/mol. The van der Waals surface area contributed by atoms with Gasteiger partial charge in [0.05, 0.1) is 21.1 Å². The van der Waals surface area contributed by atoms with Crippen molar-refractivity contribution in [1.82, 2.24) is 0 Å². The third-order valence-corrected chi connectivity index (χ3v) is 3.29. The standard InChI is InChI=1S/C19H25N2/c1-5-6-7-12-19(20-21(2,3)4)18-14-13-16-10-8-9-11-17(16)15-18/h5-6,8-11,13-15H,7,12H2,1-4H3/q+1/b6-5+,20-19-. The molecule has 0 aliphatic rings. The van der Waals surface area contributed by atoms with Crippen molar-refractivity contribution in [3.8, 4) is 0 Å². The van der Waals surface area contributed by atoms with Crippen LogP contribution in [0.15, 0.2) is 59.7 Å². The summed E-state index contributed by atoms with van der Waals surface area (Å²) in [4.78, 5) is 0. The highest BCUT2D eigenvalue weighted by molar-refractivity contribution is 6.03. The van der Waals surface area contributed by atoms with Crippen LogP contribution in [0.3, 0.4) is 0 Å². The Morgan fingerprint density at radius 2 is 1.76 bits per heavy atom. The van der Waals surface area contributed by atoms with E-state index in [1.807, 2.05) is 0 Å². The molecule has 0 saturated heterocycles. The summed E-state index contributed by atoms with van der Waals surface area (Å²) in [7, 11) is 6.28. The molecule has 0 bridgehead atoms. The molecule has 0 atom stereocenters. The van der Waals surface area contributed by atoms with Gasteiger partial charge in [-0.3, -0.25) is 0 Å². The van der Waals surface area contributed by atoms with Gasteiger partial charge in [0, 0.05) is 5.56 Å². The van der Waals surface area contributed by atoms with Crippen LogP contribution in [0, 0.1) is 0 Å². The summed E-state index contributed by atoms with van der Waals surface area (Å²) < 4.78 is 0.595. The minimum Gasteiger partial charge on any atom is -0.205 e. The number of benzene rings is 2. The molecule has 0 aromatic heterocycles. The van der Waals surface area contributed by atoms with Gasteiger partial charge < -0.3 is 0 Å². The van der Waals surface area contributed by atoms with Crippen LogP contribution in [-0.4, -0.2) is 31.4 Å². The molecule has 0 saturated carbocycles. The molecule has 2 heteroatoms. The Morgan fingerprint density at radius 3 is 2.43 bits per heavy atom. The van der Waals surface area contributed by atoms with Crippen LogP contribution in [-0.2, 0) is 0 Å². The van der Waals surface area contributed by atoms with E-state index >= 15 is 0 Å². The molecule has 0 heterocycles. The molecule has 0 aliphatic heterocycles. The zero-order chi connectivity index (χ0) is 15.3. The molecule has 110 valence electrons. The van der Waals surface area contributed by atoms with Gasteiger partial charge in [0.2, 0.25) is 0 Å². The van der Waals surface area contributed by atoms with Crippen molar-refractivity contribution in [2.75, 3.05) is 21.1 Å². The molecule has 2 rings (SSSR count). The fraction of sp³-hybridized carbons (Fsp3) is 0.316. The van der Waals surface area contributed by atoms with Crippen molar-refractivity contribution in [2.24, 2.45) is 5.10 Å². The van der Waals surface area contributed by atoms with Crippen LogP contribution in [0.1, 0.15) is 25.3 Å². The van der Waals surface area contributed by atoms with E-state index in [-0.39, 0.29) is 0 Å². The number of quaternary nitrogens is 1. The Labute approximate surface area is 128 Å². The third kappa shape index (κ3) is 4.54. The Morgan fingerprint density at radius 1 is 1.05 bits per heavy atom. The number of nitrogens with zero attached hydrogens (tertiary/aromatic N) is 2. The Hall–Kier alpha value is -1.93. The van der Waals surface area contributed by atoms with Crippen LogP contribution in [0.25, 0.3) is 10.8 Å². The molecule has 2 nitrogen and oxygen atoms in total. The highest BCUT2D eigenvalue weighted by Gasteiger charge is 2.11. The lowest BCUT2D eigenvalue weighted by Gasteiger charge is -2.18. The summed E-state index contributed by atoms with van der Waals surface area (Å²) in [6.07, 6.45) is 6.30. The summed E-state index contributed by atoms with van der Waals surface area (Å²) in [6.45, 7) is 2.06. The normalized spacial score (nSPS) is 13.2. The molecule has 21 heavy (non-hydrogen) atoms. The number of fused-ring (bicyclic) bond motifs is 1. The molecule has 2 aromatic rings. The zero-order valence-corrected chi connectivity index (χ0v) is 13.5. The van der Waals surface area contributed by atoms with Crippen molar-refractivity contribution < 1.29 is 4.59 Å². The van der Waals surface area contributed by atoms with E-state index in [4.69, 9.17) is 5.10 Å². The highest BCUT2D eigenvalue weighted by atomic mass is 15.6. The average Bonchev–Trinajstić information content (AvgIpc) is 2.45. The summed E-state index contributed by atoms with van der Waals surface area (Å²) in [5.41, 5.74) is 2.40. The minimum absolute atomic E-state index is 0.595. The molecule has 2 aromatic carbocycles. The maximum absolute atomic E-state index is 4.88. The Balaban J connectivity index is 2.40. The lowest BCUT2D eigenvalue weighted by Crippen LogP contribution is -2.29. The molecule has 0 spiro atoms. The quantitative estimate of drug-likeness (QED) is 0.328. The van der Waals surface area contributed by atoms with Crippen molar-refractivity contribution in [2.45, 2.75) is 19.8 Å². The SMILES string of the molecule is C/C=C/CC/C(=N/[N+](C)(C)C)c1ccc2ccccc2c1. The molecule has 0 unspecified atom stereocenters. The first-order chi connectivity index (χ1) is 9.99. The van der Waals surface area contributed by atoms with E-state index in [0.29, 0.717) is 4.59 Å². The molecule has 0 N–H and O–H groups in total. The lowest BCUT2D eigenvalue weighted by atomic mass is 10.0. The van der Waals surface area contributed by atoms with Crippen LogP contribution in [0.2, 0.25) is 0 Å². The lowest BCUT2D eigenvalue weighted by molar-refractivity contribution is -0.877. The largest absolute Gasteiger partial charge is 0.205 e. The number of rotatable bonds is 5. The zero-order valence-electron chi connectivity index (χ0n) is 13.5. The summed E-state index contributed by atoms with van der Waals surface area (Å²) in [6, 6.07) is 15.1. The predicted octanol–water partition coefficient (Wildman–Crippen LogP) is 4.61. The van der Waals surface area contributed by atoms with Gasteiger partial charge in [-0.25, -0.2) is 4.59 Å². The summed E-state index contributed by atoms with van der Waals surface area (Å²) >= 11 is 0. The van der Waals surface area contributed by atoms with Crippen molar-refractivity contribution in [1.29, 1.82) is 0 Å². The van der Waals surface area contributed by atoms with Gasteiger partial charge in [-0.15, -0.1) is 0 Å². The Kier molecular flexibility index (Phi) is 4.92. The first-order valence-electron chi connectivity index (χ1n) is 7.50. The molecule has 0 aliphatic carbocycles. The van der Waals surface area contributed by atoms with Gasteiger partial charge in [-0.1, -0.05) is 53.7 Å². The van der Waals surface area contributed by atoms with E-state index in [0.717, 1.165) is 12.8 Å². The first-order valence-corrected chi connectivity index (χ1v) is 7.50. The molecular formula is C19H25N2+.